The highest BCUT2D eigenvalue weighted by Crippen LogP contribution is 2.29. The standard InChI is InChI=1S/C27H32N2O4/c30-15-5-14-28(18-21-10-12-23(13-11-21)33-17-16-31)19-22(32)20-29-26-8-3-1-6-24(26)25-7-2-4-9-27(25)29/h1-4,6-13,22,30-32H,5,14-20H2. The van der Waals surface area contributed by atoms with Crippen LogP contribution in [0, 0.1) is 0 Å². The van der Waals surface area contributed by atoms with Crippen molar-refractivity contribution in [3.63, 3.8) is 0 Å². The Bertz CT molecular complexity index is 1100. The number of aromatic nitrogens is 1. The molecule has 0 saturated heterocycles. The van der Waals surface area contributed by atoms with Gasteiger partial charge in [0.05, 0.1) is 19.3 Å². The SMILES string of the molecule is OCCCN(Cc1ccc(OCCO)cc1)CC(O)Cn1c2ccccc2c2ccccc21. The summed E-state index contributed by atoms with van der Waals surface area (Å²) in [5.41, 5.74) is 3.35. The van der Waals surface area contributed by atoms with Crippen molar-refractivity contribution in [3.05, 3.63) is 78.4 Å². The van der Waals surface area contributed by atoms with Crippen LogP contribution in [0.5, 0.6) is 5.75 Å². The van der Waals surface area contributed by atoms with Crippen molar-refractivity contribution in [1.29, 1.82) is 0 Å². The summed E-state index contributed by atoms with van der Waals surface area (Å²) in [6.07, 6.45) is 0.0925. The molecule has 3 N–H and O–H groups in total. The van der Waals surface area contributed by atoms with Gasteiger partial charge in [-0.3, -0.25) is 4.90 Å². The van der Waals surface area contributed by atoms with E-state index in [2.05, 4.69) is 33.7 Å². The molecule has 1 aromatic heterocycles. The normalized spacial score (nSPS) is 12.6. The van der Waals surface area contributed by atoms with Crippen molar-refractivity contribution in [2.45, 2.75) is 25.6 Å². The maximum Gasteiger partial charge on any atom is 0.119 e. The van der Waals surface area contributed by atoms with Gasteiger partial charge in [0.15, 0.2) is 0 Å². The number of hydrogen-bond acceptors (Lipinski definition) is 5. The van der Waals surface area contributed by atoms with E-state index in [4.69, 9.17) is 9.84 Å². The van der Waals surface area contributed by atoms with Crippen molar-refractivity contribution in [2.75, 3.05) is 32.9 Å². The number of fused-ring (bicyclic) bond motifs is 3. The highest BCUT2D eigenvalue weighted by atomic mass is 16.5. The topological polar surface area (TPSA) is 78.1 Å². The van der Waals surface area contributed by atoms with Gasteiger partial charge < -0.3 is 24.6 Å². The van der Waals surface area contributed by atoms with Crippen LogP contribution in [-0.4, -0.2) is 63.8 Å². The molecule has 6 nitrogen and oxygen atoms in total. The molecule has 33 heavy (non-hydrogen) atoms. The average Bonchev–Trinajstić information content (AvgIpc) is 3.16. The maximum absolute atomic E-state index is 11.1. The fraction of sp³-hybridized carbons (Fsp3) is 0.333. The van der Waals surface area contributed by atoms with Crippen LogP contribution in [0.25, 0.3) is 21.8 Å². The summed E-state index contributed by atoms with van der Waals surface area (Å²) in [5, 5.41) is 31.7. The van der Waals surface area contributed by atoms with Crippen LogP contribution < -0.4 is 4.74 Å². The zero-order valence-corrected chi connectivity index (χ0v) is 18.8. The van der Waals surface area contributed by atoms with E-state index < -0.39 is 6.10 Å². The Hall–Kier alpha value is -2.90. The van der Waals surface area contributed by atoms with E-state index in [1.165, 1.54) is 10.8 Å². The van der Waals surface area contributed by atoms with Gasteiger partial charge in [0.25, 0.3) is 0 Å². The molecule has 174 valence electrons. The largest absolute Gasteiger partial charge is 0.491 e. The van der Waals surface area contributed by atoms with E-state index in [1.54, 1.807) is 0 Å². The van der Waals surface area contributed by atoms with Gasteiger partial charge in [-0.1, -0.05) is 48.5 Å². The molecule has 4 aromatic rings. The van der Waals surface area contributed by atoms with E-state index in [0.29, 0.717) is 32.6 Å². The predicted octanol–water partition coefficient (Wildman–Crippen LogP) is 3.41. The Labute approximate surface area is 194 Å². The van der Waals surface area contributed by atoms with Crippen molar-refractivity contribution < 1.29 is 20.1 Å². The first-order valence-corrected chi connectivity index (χ1v) is 11.5. The minimum Gasteiger partial charge on any atom is -0.491 e. The maximum atomic E-state index is 11.1. The lowest BCUT2D eigenvalue weighted by Gasteiger charge is -2.26. The van der Waals surface area contributed by atoms with Gasteiger partial charge >= 0.3 is 0 Å². The Morgan fingerprint density at radius 3 is 2.06 bits per heavy atom. The van der Waals surface area contributed by atoms with Gasteiger partial charge in [-0.2, -0.15) is 0 Å². The molecule has 1 heterocycles. The molecule has 0 spiro atoms. The third kappa shape index (κ3) is 5.72. The molecule has 0 aliphatic rings. The summed E-state index contributed by atoms with van der Waals surface area (Å²) >= 11 is 0. The molecule has 0 aliphatic carbocycles. The first-order valence-electron chi connectivity index (χ1n) is 11.5. The lowest BCUT2D eigenvalue weighted by atomic mass is 10.2. The Morgan fingerprint density at radius 1 is 0.818 bits per heavy atom. The van der Waals surface area contributed by atoms with Gasteiger partial charge in [-0.25, -0.2) is 0 Å². The number of nitrogens with zero attached hydrogens (tertiary/aromatic N) is 2. The minimum atomic E-state index is -0.560. The molecule has 0 fully saturated rings. The number of benzene rings is 3. The lowest BCUT2D eigenvalue weighted by Crippen LogP contribution is -2.35. The number of para-hydroxylation sites is 2. The zero-order valence-electron chi connectivity index (χ0n) is 18.8. The molecule has 0 saturated carbocycles. The van der Waals surface area contributed by atoms with Gasteiger partial charge in [-0.05, 0) is 36.2 Å². The fourth-order valence-corrected chi connectivity index (χ4v) is 4.41. The molecular weight excluding hydrogens is 416 g/mol. The highest BCUT2D eigenvalue weighted by molar-refractivity contribution is 6.07. The second-order valence-electron chi connectivity index (χ2n) is 8.33. The number of aliphatic hydroxyl groups is 3. The molecular formula is C27H32N2O4. The summed E-state index contributed by atoms with van der Waals surface area (Å²) in [5.74, 6) is 0.723. The third-order valence-electron chi connectivity index (χ3n) is 5.86. The number of ether oxygens (including phenoxy) is 1. The Kier molecular flexibility index (Phi) is 7.96. The van der Waals surface area contributed by atoms with Crippen molar-refractivity contribution in [3.8, 4) is 5.75 Å². The second-order valence-corrected chi connectivity index (χ2v) is 8.33. The molecule has 6 heteroatoms. The first-order chi connectivity index (χ1) is 16.2. The monoisotopic (exact) mass is 448 g/mol. The fourth-order valence-electron chi connectivity index (χ4n) is 4.41. The van der Waals surface area contributed by atoms with E-state index in [9.17, 15) is 10.2 Å². The van der Waals surface area contributed by atoms with E-state index in [1.807, 2.05) is 48.5 Å². The van der Waals surface area contributed by atoms with Crippen LogP contribution in [-0.2, 0) is 13.1 Å². The molecule has 0 bridgehead atoms. The van der Waals surface area contributed by atoms with Crippen LogP contribution >= 0.6 is 0 Å². The highest BCUT2D eigenvalue weighted by Gasteiger charge is 2.16. The molecule has 0 amide bonds. The number of rotatable bonds is 12. The van der Waals surface area contributed by atoms with Gasteiger partial charge in [0.1, 0.15) is 12.4 Å². The summed E-state index contributed by atoms with van der Waals surface area (Å²) < 4.78 is 7.64. The van der Waals surface area contributed by atoms with E-state index >= 15 is 0 Å². The zero-order chi connectivity index (χ0) is 23.0. The Morgan fingerprint density at radius 2 is 1.45 bits per heavy atom. The van der Waals surface area contributed by atoms with Crippen LogP contribution in [0.2, 0.25) is 0 Å². The quantitative estimate of drug-likeness (QED) is 0.310. The third-order valence-corrected chi connectivity index (χ3v) is 5.86. The molecule has 1 unspecified atom stereocenters. The summed E-state index contributed by atoms with van der Waals surface area (Å²) in [7, 11) is 0. The second kappa shape index (κ2) is 11.3. The summed E-state index contributed by atoms with van der Waals surface area (Å²) in [4.78, 5) is 2.18. The van der Waals surface area contributed by atoms with Crippen molar-refractivity contribution >= 4 is 21.8 Å². The van der Waals surface area contributed by atoms with E-state index in [-0.39, 0.29) is 19.8 Å². The van der Waals surface area contributed by atoms with Crippen molar-refractivity contribution in [1.82, 2.24) is 9.47 Å². The van der Waals surface area contributed by atoms with E-state index in [0.717, 1.165) is 22.3 Å². The van der Waals surface area contributed by atoms with Crippen molar-refractivity contribution in [2.24, 2.45) is 0 Å². The molecule has 3 aromatic carbocycles. The van der Waals surface area contributed by atoms with Gasteiger partial charge in [0.2, 0.25) is 0 Å². The molecule has 0 aliphatic heterocycles. The van der Waals surface area contributed by atoms with Gasteiger partial charge in [-0.15, -0.1) is 0 Å². The first kappa shape index (κ1) is 23.3. The molecule has 0 radical (unpaired) electrons. The number of hydrogen-bond donors (Lipinski definition) is 3. The van der Waals surface area contributed by atoms with Crippen LogP contribution in [0.3, 0.4) is 0 Å². The molecule has 1 atom stereocenters. The average molecular weight is 449 g/mol. The summed E-state index contributed by atoms with van der Waals surface area (Å²) in [6.45, 7) is 2.75. The molecule has 4 rings (SSSR count). The minimum absolute atomic E-state index is 0.0133. The lowest BCUT2D eigenvalue weighted by molar-refractivity contribution is 0.0921. The summed E-state index contributed by atoms with van der Waals surface area (Å²) in [6, 6.07) is 24.4. The van der Waals surface area contributed by atoms with Gasteiger partial charge in [0, 0.05) is 48.0 Å². The van der Waals surface area contributed by atoms with Crippen LogP contribution in [0.4, 0.5) is 0 Å². The van der Waals surface area contributed by atoms with Crippen LogP contribution in [0.1, 0.15) is 12.0 Å². The Balaban J connectivity index is 1.48. The number of aliphatic hydroxyl groups excluding tert-OH is 3. The smallest absolute Gasteiger partial charge is 0.119 e. The predicted molar refractivity (Wildman–Crippen MR) is 131 cm³/mol. The van der Waals surface area contributed by atoms with Crippen LogP contribution in [0.15, 0.2) is 72.8 Å².